The third-order valence-electron chi connectivity index (χ3n) is 3.58. The number of aromatic nitrogens is 3. The largest absolute Gasteiger partial charge is 0.316 e. The highest BCUT2D eigenvalue weighted by Gasteiger charge is 2.33. The number of pyridine rings is 1. The van der Waals surface area contributed by atoms with Gasteiger partial charge in [0, 0.05) is 18.2 Å². The highest BCUT2D eigenvalue weighted by Crippen LogP contribution is 2.30. The summed E-state index contributed by atoms with van der Waals surface area (Å²) in [5, 5.41) is 3.37. The summed E-state index contributed by atoms with van der Waals surface area (Å²) < 4.78 is 14.8. The Morgan fingerprint density at radius 1 is 1.39 bits per heavy atom. The van der Waals surface area contributed by atoms with Gasteiger partial charge in [-0.1, -0.05) is 6.92 Å². The van der Waals surface area contributed by atoms with Gasteiger partial charge in [-0.25, -0.2) is 14.4 Å². The number of nitrogens with zero attached hydrogens (tertiary/aromatic N) is 3. The van der Waals surface area contributed by atoms with E-state index in [4.69, 9.17) is 0 Å². The maximum atomic E-state index is 12.9. The molecule has 1 aliphatic heterocycles. The summed E-state index contributed by atoms with van der Waals surface area (Å²) in [5.74, 6) is 0.381. The Kier molecular flexibility index (Phi) is 2.63. The molecular weight excluding hydrogens is 231 g/mol. The first kappa shape index (κ1) is 11.3. The van der Waals surface area contributed by atoms with E-state index >= 15 is 0 Å². The maximum absolute atomic E-state index is 12.9. The summed E-state index contributed by atoms with van der Waals surface area (Å²) in [6.07, 6.45) is 5.91. The molecule has 0 amide bonds. The van der Waals surface area contributed by atoms with Crippen molar-refractivity contribution in [3.8, 4) is 5.82 Å². The maximum Gasteiger partial charge on any atom is 0.141 e. The van der Waals surface area contributed by atoms with Gasteiger partial charge in [0.25, 0.3) is 0 Å². The topological polar surface area (TPSA) is 42.7 Å². The van der Waals surface area contributed by atoms with E-state index in [0.717, 1.165) is 25.2 Å². The van der Waals surface area contributed by atoms with Gasteiger partial charge in [-0.05, 0) is 25.1 Å². The highest BCUT2D eigenvalue weighted by atomic mass is 19.1. The number of nitrogens with one attached hydrogen (secondary N) is 1. The van der Waals surface area contributed by atoms with Crippen LogP contribution in [0.1, 0.15) is 19.0 Å². The molecule has 1 aliphatic rings. The molecular formula is C13H15FN4. The predicted molar refractivity (Wildman–Crippen MR) is 66.2 cm³/mol. The molecule has 0 saturated carbocycles. The van der Waals surface area contributed by atoms with Crippen LogP contribution in [0.5, 0.6) is 0 Å². The minimum absolute atomic E-state index is 0.0621. The van der Waals surface area contributed by atoms with Crippen LogP contribution in [-0.2, 0) is 5.41 Å². The van der Waals surface area contributed by atoms with Crippen molar-refractivity contribution in [3.63, 3.8) is 0 Å². The van der Waals surface area contributed by atoms with Gasteiger partial charge in [0.2, 0.25) is 0 Å². The molecule has 2 aromatic heterocycles. The van der Waals surface area contributed by atoms with Gasteiger partial charge in [0.05, 0.1) is 11.9 Å². The number of hydrogen-bond donors (Lipinski definition) is 1. The monoisotopic (exact) mass is 246 g/mol. The summed E-state index contributed by atoms with van der Waals surface area (Å²) in [6.45, 7) is 4.16. The van der Waals surface area contributed by atoms with Crippen LogP contribution < -0.4 is 5.32 Å². The Bertz CT molecular complexity index is 540. The summed E-state index contributed by atoms with van der Waals surface area (Å²) in [6, 6.07) is 3.09. The van der Waals surface area contributed by atoms with Crippen LogP contribution in [0.25, 0.3) is 5.82 Å². The van der Waals surface area contributed by atoms with E-state index in [2.05, 4.69) is 22.2 Å². The molecule has 0 radical (unpaired) electrons. The van der Waals surface area contributed by atoms with Crippen molar-refractivity contribution >= 4 is 0 Å². The van der Waals surface area contributed by atoms with Crippen molar-refractivity contribution < 1.29 is 4.39 Å². The zero-order chi connectivity index (χ0) is 12.6. The Labute approximate surface area is 105 Å². The van der Waals surface area contributed by atoms with Crippen molar-refractivity contribution in [3.05, 3.63) is 42.4 Å². The second-order valence-electron chi connectivity index (χ2n) is 4.97. The molecule has 0 aliphatic carbocycles. The molecule has 0 bridgehead atoms. The second kappa shape index (κ2) is 4.17. The first-order valence-corrected chi connectivity index (χ1v) is 6.04. The van der Waals surface area contributed by atoms with E-state index in [1.165, 1.54) is 12.3 Å². The van der Waals surface area contributed by atoms with Gasteiger partial charge in [0.15, 0.2) is 0 Å². The van der Waals surface area contributed by atoms with Crippen molar-refractivity contribution in [2.75, 3.05) is 13.1 Å². The predicted octanol–water partition coefficient (Wildman–Crippen LogP) is 1.66. The van der Waals surface area contributed by atoms with Crippen LogP contribution in [0, 0.1) is 5.82 Å². The van der Waals surface area contributed by atoms with Crippen molar-refractivity contribution in [2.24, 2.45) is 0 Å². The molecule has 0 spiro atoms. The Morgan fingerprint density at radius 3 is 2.94 bits per heavy atom. The van der Waals surface area contributed by atoms with Gasteiger partial charge in [-0.2, -0.15) is 0 Å². The molecule has 1 saturated heterocycles. The van der Waals surface area contributed by atoms with Crippen LogP contribution in [0.2, 0.25) is 0 Å². The average Bonchev–Trinajstić information content (AvgIpc) is 2.99. The van der Waals surface area contributed by atoms with Crippen LogP contribution in [0.3, 0.4) is 0 Å². The molecule has 3 rings (SSSR count). The van der Waals surface area contributed by atoms with E-state index in [9.17, 15) is 4.39 Å². The zero-order valence-electron chi connectivity index (χ0n) is 10.2. The molecule has 1 fully saturated rings. The average molecular weight is 246 g/mol. The molecule has 1 unspecified atom stereocenters. The summed E-state index contributed by atoms with van der Waals surface area (Å²) in [5.41, 5.74) is 1.18. The minimum Gasteiger partial charge on any atom is -0.316 e. The number of hydrogen-bond acceptors (Lipinski definition) is 3. The number of rotatable bonds is 2. The van der Waals surface area contributed by atoms with E-state index in [1.807, 2.05) is 10.8 Å². The third kappa shape index (κ3) is 1.80. The fourth-order valence-corrected chi connectivity index (χ4v) is 2.47. The lowest BCUT2D eigenvalue weighted by molar-refractivity contribution is 0.497. The van der Waals surface area contributed by atoms with E-state index in [-0.39, 0.29) is 11.2 Å². The summed E-state index contributed by atoms with van der Waals surface area (Å²) in [7, 11) is 0. The van der Waals surface area contributed by atoms with Crippen LogP contribution in [0.15, 0.2) is 30.9 Å². The normalized spacial score (nSPS) is 23.4. The molecule has 5 heteroatoms. The van der Waals surface area contributed by atoms with Gasteiger partial charge in [-0.15, -0.1) is 0 Å². The Morgan fingerprint density at radius 2 is 2.28 bits per heavy atom. The number of halogens is 1. The summed E-state index contributed by atoms with van der Waals surface area (Å²) >= 11 is 0. The lowest BCUT2D eigenvalue weighted by atomic mass is 9.86. The fraction of sp³-hybridized carbons (Fsp3) is 0.385. The fourth-order valence-electron chi connectivity index (χ4n) is 2.47. The minimum atomic E-state index is -0.325. The molecule has 3 heterocycles. The van der Waals surface area contributed by atoms with Crippen LogP contribution in [0.4, 0.5) is 4.39 Å². The van der Waals surface area contributed by atoms with Gasteiger partial charge in [0.1, 0.15) is 18.0 Å². The van der Waals surface area contributed by atoms with E-state index in [0.29, 0.717) is 5.82 Å². The second-order valence-corrected chi connectivity index (χ2v) is 4.97. The van der Waals surface area contributed by atoms with E-state index < -0.39 is 0 Å². The SMILES string of the molecule is CC1(c2cncn2-c2ccc(F)cn2)CCNC1. The molecule has 94 valence electrons. The van der Waals surface area contributed by atoms with Crippen molar-refractivity contribution in [1.29, 1.82) is 0 Å². The van der Waals surface area contributed by atoms with Crippen LogP contribution >= 0.6 is 0 Å². The zero-order valence-corrected chi connectivity index (χ0v) is 10.2. The first-order chi connectivity index (χ1) is 8.69. The standard InChI is InChI=1S/C13H15FN4/c1-13(4-5-15-8-13)11-7-16-9-18(11)12-3-2-10(14)6-17-12/h2-3,6-7,9,15H,4-5,8H2,1H3. The smallest absolute Gasteiger partial charge is 0.141 e. The Hall–Kier alpha value is -1.75. The van der Waals surface area contributed by atoms with Crippen LogP contribution in [-0.4, -0.2) is 27.6 Å². The summed E-state index contributed by atoms with van der Waals surface area (Å²) in [4.78, 5) is 8.32. The third-order valence-corrected chi connectivity index (χ3v) is 3.58. The van der Waals surface area contributed by atoms with E-state index in [1.54, 1.807) is 12.4 Å². The van der Waals surface area contributed by atoms with Gasteiger partial charge >= 0.3 is 0 Å². The van der Waals surface area contributed by atoms with Gasteiger partial charge < -0.3 is 5.32 Å². The first-order valence-electron chi connectivity index (χ1n) is 6.04. The molecule has 18 heavy (non-hydrogen) atoms. The molecule has 4 nitrogen and oxygen atoms in total. The molecule has 1 N–H and O–H groups in total. The van der Waals surface area contributed by atoms with Crippen molar-refractivity contribution in [2.45, 2.75) is 18.8 Å². The lowest BCUT2D eigenvalue weighted by Gasteiger charge is -2.23. The lowest BCUT2D eigenvalue weighted by Crippen LogP contribution is -2.27. The molecule has 2 aromatic rings. The van der Waals surface area contributed by atoms with Crippen molar-refractivity contribution in [1.82, 2.24) is 19.9 Å². The highest BCUT2D eigenvalue weighted by molar-refractivity contribution is 5.30. The molecule has 0 aromatic carbocycles. The molecule has 1 atom stereocenters. The van der Waals surface area contributed by atoms with Gasteiger partial charge in [-0.3, -0.25) is 4.57 Å². The number of imidazole rings is 1. The quantitative estimate of drug-likeness (QED) is 0.876. The Balaban J connectivity index is 2.03.